The minimum Gasteiger partial charge on any atom is -0.508 e. The maximum atomic E-state index is 9.46. The van der Waals surface area contributed by atoms with Crippen molar-refractivity contribution in [3.63, 3.8) is 0 Å². The molecule has 0 spiro atoms. The number of nitrogens with one attached hydrogen (secondary N) is 1. The van der Waals surface area contributed by atoms with Crippen LogP contribution in [0.2, 0.25) is 0 Å². The van der Waals surface area contributed by atoms with Crippen LogP contribution in [0.3, 0.4) is 0 Å². The topological polar surface area (TPSA) is 80.4 Å². The van der Waals surface area contributed by atoms with Crippen LogP contribution in [0.15, 0.2) is 54.7 Å². The predicted molar refractivity (Wildman–Crippen MR) is 102 cm³/mol. The number of aromatic hydroxyl groups is 1. The van der Waals surface area contributed by atoms with Gasteiger partial charge in [0.15, 0.2) is 0 Å². The molecule has 3 rings (SSSR count). The minimum absolute atomic E-state index is 0.0533. The molecule has 5 nitrogen and oxygen atoms in total. The van der Waals surface area contributed by atoms with Gasteiger partial charge in [-0.2, -0.15) is 0 Å². The van der Waals surface area contributed by atoms with Gasteiger partial charge in [0.2, 0.25) is 0 Å². The third-order valence-electron chi connectivity index (χ3n) is 4.09. The molecule has 0 saturated heterocycles. The van der Waals surface area contributed by atoms with Crippen LogP contribution in [0, 0.1) is 0 Å². The fraction of sp³-hybridized carbons (Fsp3) is 0.250. The second-order valence-corrected chi connectivity index (χ2v) is 5.98. The third-order valence-corrected chi connectivity index (χ3v) is 4.09. The van der Waals surface area contributed by atoms with Crippen LogP contribution in [0.1, 0.15) is 12.5 Å². The van der Waals surface area contributed by atoms with E-state index in [1.54, 1.807) is 18.3 Å². The molecule has 0 saturated carbocycles. The monoisotopic (exact) mass is 337 g/mol. The van der Waals surface area contributed by atoms with Gasteiger partial charge in [-0.05, 0) is 37.1 Å². The lowest BCUT2D eigenvalue weighted by molar-refractivity contribution is 0.137. The summed E-state index contributed by atoms with van der Waals surface area (Å²) in [6.45, 7) is 3.20. The molecule has 25 heavy (non-hydrogen) atoms. The molecule has 2 aromatic carbocycles. The van der Waals surface area contributed by atoms with Crippen LogP contribution in [-0.2, 0) is 11.2 Å². The van der Waals surface area contributed by atoms with Gasteiger partial charge in [-0.25, -0.2) is 0 Å². The zero-order valence-electron chi connectivity index (χ0n) is 14.3. The Labute approximate surface area is 147 Å². The summed E-state index contributed by atoms with van der Waals surface area (Å²) in [6, 6.07) is 15.2. The molecule has 5 heteroatoms. The van der Waals surface area contributed by atoms with E-state index in [4.69, 9.17) is 10.5 Å². The zero-order chi connectivity index (χ0) is 17.6. The molecule has 0 aliphatic rings. The molecule has 4 N–H and O–H groups in total. The first-order chi connectivity index (χ1) is 12.2. The Morgan fingerprint density at radius 3 is 2.68 bits per heavy atom. The van der Waals surface area contributed by atoms with Crippen molar-refractivity contribution in [1.82, 2.24) is 4.98 Å². The molecule has 0 bridgehead atoms. The molecular formula is C20H23N3O2. The molecular weight excluding hydrogens is 314 g/mol. The maximum absolute atomic E-state index is 9.46. The van der Waals surface area contributed by atoms with Crippen molar-refractivity contribution in [2.45, 2.75) is 19.4 Å². The van der Waals surface area contributed by atoms with Crippen LogP contribution in [-0.4, -0.2) is 29.3 Å². The summed E-state index contributed by atoms with van der Waals surface area (Å²) in [5.74, 6) is 0.266. The molecule has 130 valence electrons. The first-order valence-corrected chi connectivity index (χ1v) is 8.42. The fourth-order valence-electron chi connectivity index (χ4n) is 2.85. The van der Waals surface area contributed by atoms with Crippen LogP contribution in [0.4, 0.5) is 11.4 Å². The lowest BCUT2D eigenvalue weighted by atomic mass is 10.0. The normalized spacial score (nSPS) is 12.2. The van der Waals surface area contributed by atoms with Gasteiger partial charge in [0.25, 0.3) is 0 Å². The molecule has 1 aromatic heterocycles. The van der Waals surface area contributed by atoms with Crippen LogP contribution < -0.4 is 11.1 Å². The number of para-hydroxylation sites is 1. The van der Waals surface area contributed by atoms with Crippen molar-refractivity contribution in [3.05, 3.63) is 60.3 Å². The molecule has 1 atom stereocenters. The number of hydrogen-bond donors (Lipinski definition) is 3. The predicted octanol–water partition coefficient (Wildman–Crippen LogP) is 3.58. The molecule has 0 fully saturated rings. The van der Waals surface area contributed by atoms with Crippen LogP contribution in [0.5, 0.6) is 5.75 Å². The van der Waals surface area contributed by atoms with Gasteiger partial charge in [0, 0.05) is 12.0 Å². The summed E-state index contributed by atoms with van der Waals surface area (Å²) in [7, 11) is 0. The van der Waals surface area contributed by atoms with Gasteiger partial charge in [0.1, 0.15) is 5.75 Å². The summed E-state index contributed by atoms with van der Waals surface area (Å²) in [4.78, 5) is 4.38. The Morgan fingerprint density at radius 1 is 1.16 bits per heavy atom. The first kappa shape index (κ1) is 17.0. The fourth-order valence-corrected chi connectivity index (χ4v) is 2.85. The molecule has 0 amide bonds. The van der Waals surface area contributed by atoms with Gasteiger partial charge in [0.05, 0.1) is 35.7 Å². The highest BCUT2D eigenvalue weighted by Gasteiger charge is 2.14. The minimum atomic E-state index is 0.0533. The maximum Gasteiger partial charge on any atom is 0.115 e. The highest BCUT2D eigenvalue weighted by atomic mass is 16.5. The first-order valence-electron chi connectivity index (χ1n) is 8.42. The van der Waals surface area contributed by atoms with E-state index < -0.39 is 0 Å². The van der Waals surface area contributed by atoms with E-state index in [0.717, 1.165) is 28.6 Å². The number of anilines is 2. The number of benzene rings is 2. The number of fused-ring (bicyclic) bond motifs is 1. The van der Waals surface area contributed by atoms with Crippen molar-refractivity contribution in [3.8, 4) is 5.75 Å². The summed E-state index contributed by atoms with van der Waals surface area (Å²) in [6.07, 6.45) is 2.44. The van der Waals surface area contributed by atoms with E-state index >= 15 is 0 Å². The van der Waals surface area contributed by atoms with Gasteiger partial charge < -0.3 is 20.9 Å². The summed E-state index contributed by atoms with van der Waals surface area (Å²) in [5.41, 5.74) is 9.70. The van der Waals surface area contributed by atoms with Gasteiger partial charge in [-0.3, -0.25) is 4.98 Å². The Morgan fingerprint density at radius 2 is 1.92 bits per heavy atom. The summed E-state index contributed by atoms with van der Waals surface area (Å²) in [5, 5.41) is 14.0. The summed E-state index contributed by atoms with van der Waals surface area (Å²) >= 11 is 0. The standard InChI is InChI=1S/C20H23N3O2/c1-2-25-13-15(11-14-7-9-16(24)10-8-14)23-20-17-5-3-4-6-19(17)22-12-18(20)21/h3-10,12,15,24H,2,11,13,21H2,1H3,(H,22,23). The number of nitrogens with zero attached hydrogens (tertiary/aromatic N) is 1. The van der Waals surface area contributed by atoms with Gasteiger partial charge in [-0.15, -0.1) is 0 Å². The average molecular weight is 337 g/mol. The number of phenols is 1. The van der Waals surface area contributed by atoms with Crippen molar-refractivity contribution >= 4 is 22.3 Å². The van der Waals surface area contributed by atoms with Gasteiger partial charge in [-0.1, -0.05) is 30.3 Å². The lowest BCUT2D eigenvalue weighted by Gasteiger charge is -2.22. The number of aromatic nitrogens is 1. The number of nitrogen functional groups attached to an aromatic ring is 1. The Hall–Kier alpha value is -2.79. The average Bonchev–Trinajstić information content (AvgIpc) is 2.63. The largest absolute Gasteiger partial charge is 0.508 e. The number of phenolic OH excluding ortho intramolecular Hbond substituents is 1. The second-order valence-electron chi connectivity index (χ2n) is 5.98. The molecule has 3 aromatic rings. The smallest absolute Gasteiger partial charge is 0.115 e. The van der Waals surface area contributed by atoms with Crippen LogP contribution >= 0.6 is 0 Å². The third kappa shape index (κ3) is 4.19. The number of rotatable bonds is 7. The Bertz CT molecular complexity index is 834. The van der Waals surface area contributed by atoms with E-state index in [-0.39, 0.29) is 11.8 Å². The highest BCUT2D eigenvalue weighted by Crippen LogP contribution is 2.28. The van der Waals surface area contributed by atoms with Crippen molar-refractivity contribution < 1.29 is 9.84 Å². The number of ether oxygens (including phenoxy) is 1. The van der Waals surface area contributed by atoms with E-state index in [9.17, 15) is 5.11 Å². The second kappa shape index (κ2) is 7.85. The van der Waals surface area contributed by atoms with E-state index in [1.165, 1.54) is 0 Å². The zero-order valence-corrected chi connectivity index (χ0v) is 14.3. The van der Waals surface area contributed by atoms with E-state index in [0.29, 0.717) is 18.9 Å². The Kier molecular flexibility index (Phi) is 5.36. The number of pyridine rings is 1. The Balaban J connectivity index is 1.87. The SMILES string of the molecule is CCOCC(Cc1ccc(O)cc1)Nc1c(N)cnc2ccccc12. The highest BCUT2D eigenvalue weighted by molar-refractivity contribution is 5.96. The number of nitrogens with two attached hydrogens (primary N) is 1. The summed E-state index contributed by atoms with van der Waals surface area (Å²) < 4.78 is 5.65. The molecule has 1 unspecified atom stereocenters. The van der Waals surface area contributed by atoms with Crippen molar-refractivity contribution in [2.24, 2.45) is 0 Å². The molecule has 0 aliphatic heterocycles. The van der Waals surface area contributed by atoms with Crippen LogP contribution in [0.25, 0.3) is 10.9 Å². The van der Waals surface area contributed by atoms with Gasteiger partial charge >= 0.3 is 0 Å². The quantitative estimate of drug-likeness (QED) is 0.614. The van der Waals surface area contributed by atoms with Crippen molar-refractivity contribution in [1.29, 1.82) is 0 Å². The van der Waals surface area contributed by atoms with E-state index in [1.807, 2.05) is 43.3 Å². The number of hydrogen-bond acceptors (Lipinski definition) is 5. The lowest BCUT2D eigenvalue weighted by Crippen LogP contribution is -2.28. The van der Waals surface area contributed by atoms with Crippen molar-refractivity contribution in [2.75, 3.05) is 24.3 Å². The molecule has 0 aliphatic carbocycles. The molecule has 0 radical (unpaired) electrons. The molecule has 1 heterocycles. The van der Waals surface area contributed by atoms with E-state index in [2.05, 4.69) is 10.3 Å².